The van der Waals surface area contributed by atoms with Crippen molar-refractivity contribution in [1.29, 1.82) is 0 Å². The van der Waals surface area contributed by atoms with E-state index >= 15 is 0 Å². The number of benzene rings is 1. The number of ether oxygens (including phenoxy) is 1. The number of methoxy groups -OCH3 is 1. The first kappa shape index (κ1) is 12.4. The summed E-state index contributed by atoms with van der Waals surface area (Å²) in [4.78, 5) is 9.31. The molecule has 0 spiro atoms. The molecule has 0 radical (unpaired) electrons. The average Bonchev–Trinajstić information content (AvgIpc) is 2.84. The van der Waals surface area contributed by atoms with Gasteiger partial charge in [0.15, 0.2) is 0 Å². The zero-order valence-corrected chi connectivity index (χ0v) is 12.4. The van der Waals surface area contributed by atoms with Crippen molar-refractivity contribution in [2.24, 2.45) is 5.92 Å². The van der Waals surface area contributed by atoms with Crippen LogP contribution in [0.25, 0.3) is 27.3 Å². The second-order valence-corrected chi connectivity index (χ2v) is 5.88. The van der Waals surface area contributed by atoms with E-state index in [9.17, 15) is 0 Å². The highest BCUT2D eigenvalue weighted by molar-refractivity contribution is 6.14. The van der Waals surface area contributed by atoms with Gasteiger partial charge in [-0.05, 0) is 29.5 Å². The van der Waals surface area contributed by atoms with E-state index in [4.69, 9.17) is 9.72 Å². The Morgan fingerprint density at radius 3 is 2.90 bits per heavy atom. The summed E-state index contributed by atoms with van der Waals surface area (Å²) in [6.45, 7) is 4.42. The fourth-order valence-corrected chi connectivity index (χ4v) is 3.07. The van der Waals surface area contributed by atoms with Crippen molar-refractivity contribution in [3.63, 3.8) is 0 Å². The molecule has 3 aromatic heterocycles. The molecule has 0 aliphatic rings. The first-order chi connectivity index (χ1) is 10.2. The molecule has 0 aliphatic carbocycles. The quantitative estimate of drug-likeness (QED) is 0.574. The lowest BCUT2D eigenvalue weighted by atomic mass is 10.1. The minimum atomic E-state index is 0.559. The molecule has 4 heteroatoms. The summed E-state index contributed by atoms with van der Waals surface area (Å²) in [6, 6.07) is 6.14. The Morgan fingerprint density at radius 1 is 1.29 bits per heavy atom. The molecule has 0 amide bonds. The van der Waals surface area contributed by atoms with E-state index in [2.05, 4.69) is 41.6 Å². The SMILES string of the molecule is COc1cc2ccnc3ccn4c(CC(C)C)nc1c4c23. The molecule has 0 aliphatic heterocycles. The van der Waals surface area contributed by atoms with Crippen LogP contribution in [0.15, 0.2) is 30.6 Å². The van der Waals surface area contributed by atoms with Crippen LogP contribution in [-0.2, 0) is 6.42 Å². The molecule has 4 nitrogen and oxygen atoms in total. The third-order valence-electron chi connectivity index (χ3n) is 3.95. The highest BCUT2D eigenvalue weighted by atomic mass is 16.5. The van der Waals surface area contributed by atoms with E-state index in [1.54, 1.807) is 7.11 Å². The highest BCUT2D eigenvalue weighted by Gasteiger charge is 2.18. The normalized spacial score (nSPS) is 12.2. The third kappa shape index (κ3) is 1.68. The second kappa shape index (κ2) is 4.32. The summed E-state index contributed by atoms with van der Waals surface area (Å²) < 4.78 is 7.74. The van der Waals surface area contributed by atoms with E-state index in [0.29, 0.717) is 5.92 Å². The van der Waals surface area contributed by atoms with E-state index in [0.717, 1.165) is 39.9 Å². The third-order valence-corrected chi connectivity index (χ3v) is 3.95. The summed E-state index contributed by atoms with van der Waals surface area (Å²) in [5, 5.41) is 2.31. The van der Waals surface area contributed by atoms with Crippen LogP contribution in [-0.4, -0.2) is 21.5 Å². The summed E-state index contributed by atoms with van der Waals surface area (Å²) in [6.07, 6.45) is 4.86. The van der Waals surface area contributed by atoms with Gasteiger partial charge in [0, 0.05) is 24.2 Å². The van der Waals surface area contributed by atoms with E-state index in [1.807, 2.05) is 12.3 Å². The van der Waals surface area contributed by atoms with Crippen molar-refractivity contribution >= 4 is 27.3 Å². The van der Waals surface area contributed by atoms with Crippen molar-refractivity contribution in [3.05, 3.63) is 36.4 Å². The molecule has 0 saturated carbocycles. The molecule has 21 heavy (non-hydrogen) atoms. The smallest absolute Gasteiger partial charge is 0.147 e. The summed E-state index contributed by atoms with van der Waals surface area (Å²) in [5.74, 6) is 2.47. The van der Waals surface area contributed by atoms with Crippen molar-refractivity contribution < 1.29 is 4.74 Å². The molecule has 4 rings (SSSR count). The number of nitrogens with zero attached hydrogens (tertiary/aromatic N) is 3. The fourth-order valence-electron chi connectivity index (χ4n) is 3.07. The van der Waals surface area contributed by atoms with Gasteiger partial charge in [-0.3, -0.25) is 4.98 Å². The number of rotatable bonds is 3. The van der Waals surface area contributed by atoms with Gasteiger partial charge >= 0.3 is 0 Å². The second-order valence-electron chi connectivity index (χ2n) is 5.88. The fraction of sp³-hybridized carbons (Fsp3) is 0.294. The molecule has 3 heterocycles. The molecule has 1 aromatic carbocycles. The Kier molecular flexibility index (Phi) is 2.55. The predicted octanol–water partition coefficient (Wildman–Crippen LogP) is 3.68. The molecule has 0 atom stereocenters. The van der Waals surface area contributed by atoms with Crippen molar-refractivity contribution in [3.8, 4) is 5.75 Å². The number of hydrogen-bond acceptors (Lipinski definition) is 3. The monoisotopic (exact) mass is 279 g/mol. The maximum absolute atomic E-state index is 5.55. The van der Waals surface area contributed by atoms with Gasteiger partial charge in [0.1, 0.15) is 17.1 Å². The van der Waals surface area contributed by atoms with Gasteiger partial charge in [-0.15, -0.1) is 0 Å². The average molecular weight is 279 g/mol. The van der Waals surface area contributed by atoms with Gasteiger partial charge < -0.3 is 9.14 Å². The van der Waals surface area contributed by atoms with Crippen molar-refractivity contribution in [2.75, 3.05) is 7.11 Å². The molecule has 0 fully saturated rings. The van der Waals surface area contributed by atoms with Gasteiger partial charge in [-0.1, -0.05) is 13.8 Å². The molecular formula is C17H17N3O. The molecule has 0 bridgehead atoms. The molecule has 106 valence electrons. The molecule has 4 aromatic rings. The van der Waals surface area contributed by atoms with Crippen LogP contribution in [0.3, 0.4) is 0 Å². The number of hydrogen-bond donors (Lipinski definition) is 0. The van der Waals surface area contributed by atoms with Gasteiger partial charge in [-0.25, -0.2) is 4.98 Å². The van der Waals surface area contributed by atoms with Crippen LogP contribution in [0.4, 0.5) is 0 Å². The van der Waals surface area contributed by atoms with Gasteiger partial charge in [0.2, 0.25) is 0 Å². The Morgan fingerprint density at radius 2 is 2.14 bits per heavy atom. The minimum Gasteiger partial charge on any atom is -0.494 e. The van der Waals surface area contributed by atoms with Gasteiger partial charge in [-0.2, -0.15) is 0 Å². The lowest BCUT2D eigenvalue weighted by Gasteiger charge is -2.09. The Bertz CT molecular complexity index is 939. The van der Waals surface area contributed by atoms with E-state index in [-0.39, 0.29) is 0 Å². The largest absolute Gasteiger partial charge is 0.494 e. The lowest BCUT2D eigenvalue weighted by molar-refractivity contribution is 0.419. The van der Waals surface area contributed by atoms with Crippen LogP contribution in [0.2, 0.25) is 0 Å². The van der Waals surface area contributed by atoms with Gasteiger partial charge in [0.25, 0.3) is 0 Å². The zero-order valence-electron chi connectivity index (χ0n) is 12.4. The Labute approximate surface area is 122 Å². The minimum absolute atomic E-state index is 0.559. The maximum Gasteiger partial charge on any atom is 0.147 e. The van der Waals surface area contributed by atoms with E-state index < -0.39 is 0 Å². The number of aromatic nitrogens is 3. The number of pyridine rings is 2. The summed E-state index contributed by atoms with van der Waals surface area (Å²) in [5.41, 5.74) is 3.05. The summed E-state index contributed by atoms with van der Waals surface area (Å²) >= 11 is 0. The molecule has 0 N–H and O–H groups in total. The Hall–Kier alpha value is -2.36. The van der Waals surface area contributed by atoms with Crippen molar-refractivity contribution in [1.82, 2.24) is 14.4 Å². The van der Waals surface area contributed by atoms with Crippen LogP contribution in [0.5, 0.6) is 5.75 Å². The first-order valence-corrected chi connectivity index (χ1v) is 7.23. The lowest BCUT2D eigenvalue weighted by Crippen LogP contribution is -2.00. The maximum atomic E-state index is 5.55. The zero-order chi connectivity index (χ0) is 14.6. The molecular weight excluding hydrogens is 262 g/mol. The number of imidazole rings is 1. The van der Waals surface area contributed by atoms with Crippen LogP contribution in [0.1, 0.15) is 19.7 Å². The van der Waals surface area contributed by atoms with Crippen LogP contribution >= 0.6 is 0 Å². The van der Waals surface area contributed by atoms with Crippen LogP contribution < -0.4 is 4.74 Å². The van der Waals surface area contributed by atoms with Gasteiger partial charge in [0.05, 0.1) is 18.1 Å². The molecule has 0 unspecified atom stereocenters. The predicted molar refractivity (Wildman–Crippen MR) is 84.3 cm³/mol. The first-order valence-electron chi connectivity index (χ1n) is 7.23. The van der Waals surface area contributed by atoms with Crippen LogP contribution in [0, 0.1) is 5.92 Å². The standard InChI is InChI=1S/C17H17N3O/c1-10(2)8-14-19-16-13(21-3)9-11-4-6-18-12-5-7-20(14)17(16)15(11)12/h4-7,9-10H,8H2,1-3H3. The Balaban J connectivity index is 2.21. The molecule has 0 saturated heterocycles. The topological polar surface area (TPSA) is 39.4 Å². The van der Waals surface area contributed by atoms with E-state index in [1.165, 1.54) is 5.39 Å². The summed E-state index contributed by atoms with van der Waals surface area (Å²) in [7, 11) is 1.70. The van der Waals surface area contributed by atoms with Crippen molar-refractivity contribution in [2.45, 2.75) is 20.3 Å². The highest BCUT2D eigenvalue weighted by Crippen LogP contribution is 2.36.